The molecule has 2 atom stereocenters. The van der Waals surface area contributed by atoms with Crippen LogP contribution in [0.4, 0.5) is 0 Å². The zero-order valence-corrected chi connectivity index (χ0v) is 16.0. The Hall–Kier alpha value is -0.810. The summed E-state index contributed by atoms with van der Waals surface area (Å²) < 4.78 is 0. The number of carbonyl (C=O) groups excluding carboxylic acids is 1. The number of halogens is 2. The van der Waals surface area contributed by atoms with Crippen molar-refractivity contribution in [2.75, 3.05) is 26.2 Å². The van der Waals surface area contributed by atoms with Crippen LogP contribution in [0.5, 0.6) is 0 Å². The highest BCUT2D eigenvalue weighted by molar-refractivity contribution is 6.42. The van der Waals surface area contributed by atoms with Gasteiger partial charge in [-0.1, -0.05) is 29.3 Å². The molecule has 2 aliphatic rings. The van der Waals surface area contributed by atoms with Crippen LogP contribution in [-0.2, 0) is 11.2 Å². The maximum atomic E-state index is 13.0. The van der Waals surface area contributed by atoms with E-state index in [-0.39, 0.29) is 24.6 Å². The van der Waals surface area contributed by atoms with Gasteiger partial charge in [0.1, 0.15) is 0 Å². The van der Waals surface area contributed by atoms with Gasteiger partial charge < -0.3 is 14.9 Å². The van der Waals surface area contributed by atoms with E-state index in [1.54, 1.807) is 12.1 Å². The van der Waals surface area contributed by atoms with Gasteiger partial charge in [-0.3, -0.25) is 4.79 Å². The minimum atomic E-state index is -0.0726. The first kappa shape index (κ1) is 19.0. The Morgan fingerprint density at radius 1 is 1.08 bits per heavy atom. The van der Waals surface area contributed by atoms with Gasteiger partial charge in [-0.05, 0) is 62.9 Å². The van der Waals surface area contributed by atoms with Gasteiger partial charge in [0.2, 0.25) is 5.91 Å². The van der Waals surface area contributed by atoms with Crippen LogP contribution < -0.4 is 0 Å². The molecule has 6 heteroatoms. The van der Waals surface area contributed by atoms with Gasteiger partial charge in [-0.15, -0.1) is 0 Å². The summed E-state index contributed by atoms with van der Waals surface area (Å²) in [6.45, 7) is 3.19. The number of benzene rings is 1. The molecule has 0 saturated carbocycles. The molecule has 1 N–H and O–H groups in total. The van der Waals surface area contributed by atoms with Crippen LogP contribution in [-0.4, -0.2) is 59.1 Å². The molecular weight excluding hydrogens is 359 g/mol. The molecule has 25 heavy (non-hydrogen) atoms. The van der Waals surface area contributed by atoms with Crippen molar-refractivity contribution in [1.29, 1.82) is 0 Å². The highest BCUT2D eigenvalue weighted by Gasteiger charge is 2.35. The summed E-state index contributed by atoms with van der Waals surface area (Å²) in [6.07, 6.45) is 5.74. The smallest absolute Gasteiger partial charge is 0.227 e. The molecule has 1 aromatic rings. The van der Waals surface area contributed by atoms with Crippen molar-refractivity contribution in [3.63, 3.8) is 0 Å². The van der Waals surface area contributed by atoms with Crippen molar-refractivity contribution in [3.05, 3.63) is 33.8 Å². The van der Waals surface area contributed by atoms with Crippen molar-refractivity contribution in [2.24, 2.45) is 0 Å². The normalized spacial score (nSPS) is 24.7. The Kier molecular flexibility index (Phi) is 6.61. The molecule has 1 amide bonds. The topological polar surface area (TPSA) is 43.8 Å². The fourth-order valence-corrected chi connectivity index (χ4v) is 4.43. The molecule has 4 nitrogen and oxygen atoms in total. The number of hydrogen-bond donors (Lipinski definition) is 1. The standard InChI is InChI=1S/C19H26Cl2N2O2/c20-17-7-6-14(10-18(17)21)11-19(25)23-15(4-3-5-16(23)13-24)12-22-8-1-2-9-22/h6-7,10,15-16,24H,1-5,8-9,11-13H2/t15-,16+/m0/s1. The van der Waals surface area contributed by atoms with Gasteiger partial charge in [-0.2, -0.15) is 0 Å². The van der Waals surface area contributed by atoms with Gasteiger partial charge in [0.05, 0.1) is 29.1 Å². The first-order chi connectivity index (χ1) is 12.1. The van der Waals surface area contributed by atoms with Crippen molar-refractivity contribution in [1.82, 2.24) is 9.80 Å². The largest absolute Gasteiger partial charge is 0.394 e. The predicted molar refractivity (Wildman–Crippen MR) is 101 cm³/mol. The van der Waals surface area contributed by atoms with Crippen LogP contribution in [0, 0.1) is 0 Å². The van der Waals surface area contributed by atoms with Gasteiger partial charge in [0.15, 0.2) is 0 Å². The van der Waals surface area contributed by atoms with E-state index < -0.39 is 0 Å². The van der Waals surface area contributed by atoms with E-state index in [0.717, 1.165) is 44.5 Å². The molecule has 2 fully saturated rings. The van der Waals surface area contributed by atoms with Crippen LogP contribution in [0.25, 0.3) is 0 Å². The number of piperidine rings is 1. The Balaban J connectivity index is 1.72. The summed E-state index contributed by atoms with van der Waals surface area (Å²) in [7, 11) is 0. The monoisotopic (exact) mass is 384 g/mol. The highest BCUT2D eigenvalue weighted by Crippen LogP contribution is 2.27. The maximum absolute atomic E-state index is 13.0. The molecule has 2 heterocycles. The third-order valence-electron chi connectivity index (χ3n) is 5.37. The Morgan fingerprint density at radius 3 is 2.48 bits per heavy atom. The van der Waals surface area contributed by atoms with Gasteiger partial charge in [-0.25, -0.2) is 0 Å². The molecule has 0 unspecified atom stereocenters. The van der Waals surface area contributed by atoms with E-state index in [1.807, 2.05) is 11.0 Å². The molecule has 3 rings (SSSR count). The summed E-state index contributed by atoms with van der Waals surface area (Å²) in [5, 5.41) is 10.8. The quantitative estimate of drug-likeness (QED) is 0.845. The average molecular weight is 385 g/mol. The van der Waals surface area contributed by atoms with Crippen LogP contribution in [0.15, 0.2) is 18.2 Å². The van der Waals surface area contributed by atoms with Gasteiger partial charge in [0, 0.05) is 12.6 Å². The van der Waals surface area contributed by atoms with E-state index in [1.165, 1.54) is 12.8 Å². The van der Waals surface area contributed by atoms with Crippen molar-refractivity contribution in [2.45, 2.75) is 50.6 Å². The number of likely N-dealkylation sites (tertiary alicyclic amines) is 2. The third-order valence-corrected chi connectivity index (χ3v) is 6.11. The molecule has 0 radical (unpaired) electrons. The number of aliphatic hydroxyl groups excluding tert-OH is 1. The number of carbonyl (C=O) groups is 1. The minimum Gasteiger partial charge on any atom is -0.394 e. The zero-order valence-electron chi connectivity index (χ0n) is 14.5. The van der Waals surface area contributed by atoms with Crippen LogP contribution in [0.3, 0.4) is 0 Å². The van der Waals surface area contributed by atoms with Gasteiger partial charge >= 0.3 is 0 Å². The van der Waals surface area contributed by atoms with E-state index >= 15 is 0 Å². The number of rotatable bonds is 5. The van der Waals surface area contributed by atoms with Crippen LogP contribution >= 0.6 is 23.2 Å². The van der Waals surface area contributed by atoms with Crippen molar-refractivity contribution >= 4 is 29.1 Å². The molecule has 2 aliphatic heterocycles. The predicted octanol–water partition coefficient (Wildman–Crippen LogP) is 3.37. The number of amides is 1. The first-order valence-corrected chi connectivity index (χ1v) is 9.92. The summed E-state index contributed by atoms with van der Waals surface area (Å²) >= 11 is 12.0. The number of hydrogen-bond acceptors (Lipinski definition) is 3. The lowest BCUT2D eigenvalue weighted by Crippen LogP contribution is -2.55. The average Bonchev–Trinajstić information content (AvgIpc) is 3.11. The summed E-state index contributed by atoms with van der Waals surface area (Å²) in [6, 6.07) is 5.46. The van der Waals surface area contributed by atoms with Crippen LogP contribution in [0.2, 0.25) is 10.0 Å². The molecule has 138 valence electrons. The Morgan fingerprint density at radius 2 is 1.80 bits per heavy atom. The van der Waals surface area contributed by atoms with Crippen molar-refractivity contribution in [3.8, 4) is 0 Å². The third kappa shape index (κ3) is 4.68. The van der Waals surface area contributed by atoms with Crippen molar-refractivity contribution < 1.29 is 9.90 Å². The van der Waals surface area contributed by atoms with Gasteiger partial charge in [0.25, 0.3) is 0 Å². The molecule has 0 aromatic heterocycles. The summed E-state index contributed by atoms with van der Waals surface area (Å²) in [4.78, 5) is 17.4. The van der Waals surface area contributed by atoms with E-state index in [9.17, 15) is 9.90 Å². The first-order valence-electron chi connectivity index (χ1n) is 9.17. The summed E-state index contributed by atoms with van der Waals surface area (Å²) in [5.74, 6) is 0.0707. The minimum absolute atomic E-state index is 0.0314. The second kappa shape index (κ2) is 8.72. The van der Waals surface area contributed by atoms with E-state index in [2.05, 4.69) is 4.90 Å². The fourth-order valence-electron chi connectivity index (χ4n) is 4.11. The lowest BCUT2D eigenvalue weighted by Gasteiger charge is -2.43. The Labute approximate surface area is 159 Å². The Bertz CT molecular complexity index is 605. The number of aliphatic hydroxyl groups is 1. The molecule has 0 spiro atoms. The lowest BCUT2D eigenvalue weighted by molar-refractivity contribution is -0.139. The highest BCUT2D eigenvalue weighted by atomic mass is 35.5. The molecular formula is C19H26Cl2N2O2. The second-order valence-electron chi connectivity index (χ2n) is 7.16. The molecule has 2 saturated heterocycles. The SMILES string of the molecule is O=C(Cc1ccc(Cl)c(Cl)c1)N1[C@@H](CO)CCC[C@H]1CN1CCCC1. The zero-order chi connectivity index (χ0) is 17.8. The molecule has 0 aliphatic carbocycles. The summed E-state index contributed by atoms with van der Waals surface area (Å²) in [5.41, 5.74) is 0.863. The fraction of sp³-hybridized carbons (Fsp3) is 0.632. The van der Waals surface area contributed by atoms with E-state index in [4.69, 9.17) is 23.2 Å². The lowest BCUT2D eigenvalue weighted by atomic mass is 9.94. The van der Waals surface area contributed by atoms with E-state index in [0.29, 0.717) is 16.5 Å². The molecule has 1 aromatic carbocycles. The number of nitrogens with zero attached hydrogens (tertiary/aromatic N) is 2. The maximum Gasteiger partial charge on any atom is 0.227 e. The van der Waals surface area contributed by atoms with Crippen LogP contribution in [0.1, 0.15) is 37.7 Å². The second-order valence-corrected chi connectivity index (χ2v) is 7.97. The molecule has 0 bridgehead atoms.